The summed E-state index contributed by atoms with van der Waals surface area (Å²) in [6, 6.07) is 0. The highest BCUT2D eigenvalue weighted by molar-refractivity contribution is 7.15. The van der Waals surface area contributed by atoms with Crippen LogP contribution in [0.4, 0.5) is 5.13 Å². The Hall–Kier alpha value is -0.970. The Bertz CT molecular complexity index is 465. The fourth-order valence-electron chi connectivity index (χ4n) is 2.61. The highest BCUT2D eigenvalue weighted by Crippen LogP contribution is 2.24. The number of carbonyl (C=O) groups is 1. The molecule has 1 heterocycles. The minimum Gasteiger partial charge on any atom is -0.301 e. The van der Waals surface area contributed by atoms with Crippen molar-refractivity contribution in [1.82, 2.24) is 10.2 Å². The summed E-state index contributed by atoms with van der Waals surface area (Å²) in [5, 5.41) is 12.7. The number of unbranched alkanes of at least 4 members (excludes halogenated alkanes) is 8. The van der Waals surface area contributed by atoms with Gasteiger partial charge in [0.15, 0.2) is 0 Å². The first-order chi connectivity index (χ1) is 11.4. The predicted octanol–water partition coefficient (Wildman–Crippen LogP) is 5.99. The van der Waals surface area contributed by atoms with E-state index in [1.165, 1.54) is 56.3 Å². The summed E-state index contributed by atoms with van der Waals surface area (Å²) in [5.74, 6) is 0.0661. The monoisotopic (exact) mass is 353 g/mol. The summed E-state index contributed by atoms with van der Waals surface area (Å²) >= 11 is 1.49. The van der Waals surface area contributed by atoms with E-state index in [0.717, 1.165) is 24.3 Å². The maximum absolute atomic E-state index is 11.9. The van der Waals surface area contributed by atoms with Crippen molar-refractivity contribution in [2.24, 2.45) is 5.41 Å². The van der Waals surface area contributed by atoms with Crippen LogP contribution < -0.4 is 5.32 Å². The minimum atomic E-state index is 0.0661. The summed E-state index contributed by atoms with van der Waals surface area (Å²) in [4.78, 5) is 11.9. The zero-order valence-corrected chi connectivity index (χ0v) is 16.8. The van der Waals surface area contributed by atoms with Gasteiger partial charge in [0.05, 0.1) is 0 Å². The van der Waals surface area contributed by atoms with E-state index in [4.69, 9.17) is 0 Å². The largest absolute Gasteiger partial charge is 0.301 e. The molecule has 5 heteroatoms. The summed E-state index contributed by atoms with van der Waals surface area (Å²) in [6.07, 6.45) is 12.9. The molecule has 0 fully saturated rings. The fourth-order valence-corrected chi connectivity index (χ4v) is 3.66. The second-order valence-electron chi connectivity index (χ2n) is 7.86. The van der Waals surface area contributed by atoms with E-state index in [1.54, 1.807) is 0 Å². The summed E-state index contributed by atoms with van der Waals surface area (Å²) in [7, 11) is 0. The zero-order valence-electron chi connectivity index (χ0n) is 16.0. The van der Waals surface area contributed by atoms with Crippen LogP contribution in [0.5, 0.6) is 0 Å². The van der Waals surface area contributed by atoms with Crippen molar-refractivity contribution in [1.29, 1.82) is 0 Å². The molecule has 0 saturated carbocycles. The Balaban J connectivity index is 2.08. The average molecular weight is 354 g/mol. The van der Waals surface area contributed by atoms with E-state index >= 15 is 0 Å². The van der Waals surface area contributed by atoms with Crippen LogP contribution in [0.3, 0.4) is 0 Å². The van der Waals surface area contributed by atoms with Gasteiger partial charge in [-0.15, -0.1) is 10.2 Å². The van der Waals surface area contributed by atoms with Gasteiger partial charge < -0.3 is 5.32 Å². The third-order valence-electron chi connectivity index (χ3n) is 3.90. The first-order valence-corrected chi connectivity index (χ1v) is 10.3. The molecule has 0 aliphatic heterocycles. The van der Waals surface area contributed by atoms with Crippen LogP contribution in [-0.4, -0.2) is 16.1 Å². The van der Waals surface area contributed by atoms with E-state index in [0.29, 0.717) is 11.6 Å². The molecule has 0 spiro atoms. The number of nitrogens with zero attached hydrogens (tertiary/aromatic N) is 2. The van der Waals surface area contributed by atoms with Gasteiger partial charge in [-0.2, -0.15) is 0 Å². The molecule has 0 aliphatic rings. The minimum absolute atomic E-state index is 0.0661. The van der Waals surface area contributed by atoms with Gasteiger partial charge in [-0.1, -0.05) is 90.4 Å². The SMILES string of the molecule is CCCCCCCCCCCC(=O)Nc1nnc(CC(C)(C)C)s1. The maximum atomic E-state index is 11.9. The van der Waals surface area contributed by atoms with Crippen LogP contribution in [0, 0.1) is 5.41 Å². The highest BCUT2D eigenvalue weighted by atomic mass is 32.1. The van der Waals surface area contributed by atoms with Gasteiger partial charge in [0, 0.05) is 12.8 Å². The molecule has 4 nitrogen and oxygen atoms in total. The van der Waals surface area contributed by atoms with Gasteiger partial charge in [-0.3, -0.25) is 4.79 Å². The number of anilines is 1. The Kier molecular flexibility index (Phi) is 10.2. The molecule has 0 bridgehead atoms. The third kappa shape index (κ3) is 10.7. The van der Waals surface area contributed by atoms with Crippen LogP contribution in [0.1, 0.15) is 96.9 Å². The molecule has 1 N–H and O–H groups in total. The number of nitrogens with one attached hydrogen (secondary N) is 1. The van der Waals surface area contributed by atoms with Gasteiger partial charge in [-0.05, 0) is 11.8 Å². The van der Waals surface area contributed by atoms with E-state index in [1.807, 2.05) is 0 Å². The molecule has 1 aromatic heterocycles. The van der Waals surface area contributed by atoms with E-state index in [2.05, 4.69) is 43.2 Å². The lowest BCUT2D eigenvalue weighted by Gasteiger charge is -2.14. The molecule has 1 amide bonds. The van der Waals surface area contributed by atoms with Gasteiger partial charge in [0.2, 0.25) is 11.0 Å². The molecule has 138 valence electrons. The standard InChI is InChI=1S/C19H35N3OS/c1-5-6-7-8-9-10-11-12-13-14-16(23)20-18-22-21-17(24-18)15-19(2,3)4/h5-15H2,1-4H3,(H,20,22,23). The van der Waals surface area contributed by atoms with Crippen LogP contribution in [0.2, 0.25) is 0 Å². The lowest BCUT2D eigenvalue weighted by atomic mass is 9.93. The molecule has 1 rings (SSSR count). The topological polar surface area (TPSA) is 54.9 Å². The predicted molar refractivity (Wildman–Crippen MR) is 104 cm³/mol. The number of amides is 1. The maximum Gasteiger partial charge on any atom is 0.226 e. The number of carbonyl (C=O) groups excluding carboxylic acids is 1. The summed E-state index contributed by atoms with van der Waals surface area (Å²) in [5.41, 5.74) is 0.192. The number of hydrogen-bond donors (Lipinski definition) is 1. The molecule has 0 aliphatic carbocycles. The smallest absolute Gasteiger partial charge is 0.226 e. The quantitative estimate of drug-likeness (QED) is 0.470. The Morgan fingerprint density at radius 2 is 1.54 bits per heavy atom. The molecule has 0 aromatic carbocycles. The lowest BCUT2D eigenvalue weighted by molar-refractivity contribution is -0.116. The van der Waals surface area contributed by atoms with Gasteiger partial charge in [0.1, 0.15) is 5.01 Å². The molecule has 24 heavy (non-hydrogen) atoms. The van der Waals surface area contributed by atoms with Crippen molar-refractivity contribution >= 4 is 22.4 Å². The summed E-state index contributed by atoms with van der Waals surface area (Å²) < 4.78 is 0. The number of hydrogen-bond acceptors (Lipinski definition) is 4. The molecular weight excluding hydrogens is 318 g/mol. The lowest BCUT2D eigenvalue weighted by Crippen LogP contribution is -2.10. The second-order valence-corrected chi connectivity index (χ2v) is 8.93. The normalized spacial score (nSPS) is 11.7. The van der Waals surface area contributed by atoms with Crippen molar-refractivity contribution in [2.75, 3.05) is 5.32 Å². The van der Waals surface area contributed by atoms with Crippen molar-refractivity contribution < 1.29 is 4.79 Å². The molecular formula is C19H35N3OS. The first kappa shape index (κ1) is 21.1. The van der Waals surface area contributed by atoms with Gasteiger partial charge in [-0.25, -0.2) is 0 Å². The van der Waals surface area contributed by atoms with Crippen molar-refractivity contribution in [3.63, 3.8) is 0 Å². The third-order valence-corrected chi connectivity index (χ3v) is 4.74. The Labute approximate surface area is 151 Å². The first-order valence-electron chi connectivity index (χ1n) is 9.53. The van der Waals surface area contributed by atoms with Crippen LogP contribution in [-0.2, 0) is 11.2 Å². The molecule has 0 atom stereocenters. The van der Waals surface area contributed by atoms with Crippen molar-refractivity contribution in [2.45, 2.75) is 98.3 Å². The molecule has 1 aromatic rings. The van der Waals surface area contributed by atoms with Crippen molar-refractivity contribution in [3.05, 3.63) is 5.01 Å². The molecule has 0 radical (unpaired) electrons. The fraction of sp³-hybridized carbons (Fsp3) is 0.842. The van der Waals surface area contributed by atoms with E-state index in [9.17, 15) is 4.79 Å². The van der Waals surface area contributed by atoms with Gasteiger partial charge >= 0.3 is 0 Å². The number of aromatic nitrogens is 2. The van der Waals surface area contributed by atoms with Gasteiger partial charge in [0.25, 0.3) is 0 Å². The average Bonchev–Trinajstić information content (AvgIpc) is 2.90. The van der Waals surface area contributed by atoms with Crippen LogP contribution in [0.15, 0.2) is 0 Å². The Morgan fingerprint density at radius 3 is 2.12 bits per heavy atom. The van der Waals surface area contributed by atoms with Crippen LogP contribution in [0.25, 0.3) is 0 Å². The number of rotatable bonds is 12. The zero-order chi connectivity index (χ0) is 17.8. The highest BCUT2D eigenvalue weighted by Gasteiger charge is 2.15. The van der Waals surface area contributed by atoms with Crippen molar-refractivity contribution in [3.8, 4) is 0 Å². The molecule has 0 saturated heterocycles. The molecule has 0 unspecified atom stereocenters. The van der Waals surface area contributed by atoms with E-state index < -0.39 is 0 Å². The Morgan fingerprint density at radius 1 is 0.958 bits per heavy atom. The van der Waals surface area contributed by atoms with E-state index in [-0.39, 0.29) is 11.3 Å². The summed E-state index contributed by atoms with van der Waals surface area (Å²) in [6.45, 7) is 8.78. The van der Waals surface area contributed by atoms with Crippen LogP contribution >= 0.6 is 11.3 Å². The second kappa shape index (κ2) is 11.6.